The third kappa shape index (κ3) is 3.51. The molecule has 0 atom stereocenters. The number of nitrogens with zero attached hydrogens (tertiary/aromatic N) is 1. The van der Waals surface area contributed by atoms with Gasteiger partial charge < -0.3 is 4.74 Å². The van der Waals surface area contributed by atoms with Gasteiger partial charge in [0.15, 0.2) is 0 Å². The molecule has 22 heavy (non-hydrogen) atoms. The molecule has 0 saturated carbocycles. The number of anilines is 1. The van der Waals surface area contributed by atoms with Crippen LogP contribution in [0.5, 0.6) is 0 Å². The summed E-state index contributed by atoms with van der Waals surface area (Å²) in [7, 11) is 0. The molecule has 1 amide bonds. The number of benzene rings is 1. The fraction of sp³-hybridized carbons (Fsp3) is 0.0588. The molecule has 0 aliphatic carbocycles. The van der Waals surface area contributed by atoms with Crippen LogP contribution in [0.15, 0.2) is 66.2 Å². The Labute approximate surface area is 132 Å². The Morgan fingerprint density at radius 1 is 1.09 bits per heavy atom. The van der Waals surface area contributed by atoms with E-state index in [1.54, 1.807) is 6.20 Å². The molecule has 110 valence electrons. The highest BCUT2D eigenvalue weighted by molar-refractivity contribution is 7.14. The van der Waals surface area contributed by atoms with Gasteiger partial charge in [0, 0.05) is 6.20 Å². The second-order valence-electron chi connectivity index (χ2n) is 4.57. The molecule has 0 radical (unpaired) electrons. The van der Waals surface area contributed by atoms with Crippen LogP contribution in [0, 0.1) is 0 Å². The van der Waals surface area contributed by atoms with Crippen molar-refractivity contribution in [3.05, 3.63) is 71.7 Å². The second-order valence-corrected chi connectivity index (χ2v) is 5.48. The van der Waals surface area contributed by atoms with Gasteiger partial charge in [-0.1, -0.05) is 36.4 Å². The third-order valence-electron chi connectivity index (χ3n) is 3.01. The van der Waals surface area contributed by atoms with E-state index in [0.717, 1.165) is 16.1 Å². The van der Waals surface area contributed by atoms with E-state index in [2.05, 4.69) is 10.3 Å². The number of ether oxygens (including phenoxy) is 1. The summed E-state index contributed by atoms with van der Waals surface area (Å²) in [6, 6.07) is 17.1. The second kappa shape index (κ2) is 6.87. The standard InChI is InChI=1S/C17H14N2O2S/c20-17(21-12-13-6-2-1-3-7-13)19-15-9-11-22-16(15)14-8-4-5-10-18-14/h1-11H,12H2,(H,19,20). The van der Waals surface area contributed by atoms with Crippen molar-refractivity contribution in [1.82, 2.24) is 4.98 Å². The lowest BCUT2D eigenvalue weighted by Crippen LogP contribution is -2.13. The van der Waals surface area contributed by atoms with Crippen LogP contribution in [0.25, 0.3) is 10.6 Å². The SMILES string of the molecule is O=C(Nc1ccsc1-c1ccccn1)OCc1ccccc1. The largest absolute Gasteiger partial charge is 0.444 e. The van der Waals surface area contributed by atoms with Gasteiger partial charge in [0.2, 0.25) is 0 Å². The van der Waals surface area contributed by atoms with E-state index in [-0.39, 0.29) is 6.61 Å². The van der Waals surface area contributed by atoms with Crippen molar-refractivity contribution in [1.29, 1.82) is 0 Å². The summed E-state index contributed by atoms with van der Waals surface area (Å²) in [6.45, 7) is 0.246. The fourth-order valence-electron chi connectivity index (χ4n) is 1.97. The number of nitrogens with one attached hydrogen (secondary N) is 1. The van der Waals surface area contributed by atoms with Crippen LogP contribution in [0.2, 0.25) is 0 Å². The minimum Gasteiger partial charge on any atom is -0.444 e. The summed E-state index contributed by atoms with van der Waals surface area (Å²) in [5.41, 5.74) is 2.49. The number of thiophene rings is 1. The topological polar surface area (TPSA) is 51.2 Å². The van der Waals surface area contributed by atoms with Gasteiger partial charge in [0.05, 0.1) is 16.3 Å². The lowest BCUT2D eigenvalue weighted by molar-refractivity contribution is 0.155. The number of pyridine rings is 1. The predicted octanol–water partition coefficient (Wildman–Crippen LogP) is 4.56. The zero-order valence-electron chi connectivity index (χ0n) is 11.7. The minimum atomic E-state index is -0.473. The van der Waals surface area contributed by atoms with Gasteiger partial charge >= 0.3 is 6.09 Å². The van der Waals surface area contributed by atoms with Crippen LogP contribution < -0.4 is 5.32 Å². The first-order valence-electron chi connectivity index (χ1n) is 6.79. The summed E-state index contributed by atoms with van der Waals surface area (Å²) >= 11 is 1.53. The normalized spacial score (nSPS) is 10.2. The van der Waals surface area contributed by atoms with E-state index < -0.39 is 6.09 Å². The molecule has 2 aromatic heterocycles. The predicted molar refractivity (Wildman–Crippen MR) is 87.8 cm³/mol. The minimum absolute atomic E-state index is 0.246. The van der Waals surface area contributed by atoms with Gasteiger partial charge in [-0.05, 0) is 29.1 Å². The lowest BCUT2D eigenvalue weighted by atomic mass is 10.2. The molecular formula is C17H14N2O2S. The van der Waals surface area contributed by atoms with E-state index in [1.807, 2.05) is 60.0 Å². The van der Waals surface area contributed by atoms with Crippen molar-refractivity contribution in [2.75, 3.05) is 5.32 Å². The van der Waals surface area contributed by atoms with Gasteiger partial charge in [0.25, 0.3) is 0 Å². The van der Waals surface area contributed by atoms with E-state index in [4.69, 9.17) is 4.74 Å². The fourth-order valence-corrected chi connectivity index (χ4v) is 2.80. The third-order valence-corrected chi connectivity index (χ3v) is 3.95. The number of aromatic nitrogens is 1. The van der Waals surface area contributed by atoms with Gasteiger partial charge in [-0.25, -0.2) is 4.79 Å². The van der Waals surface area contributed by atoms with Gasteiger partial charge in [-0.3, -0.25) is 10.3 Å². The first-order chi connectivity index (χ1) is 10.8. The molecule has 1 N–H and O–H groups in total. The molecular weight excluding hydrogens is 296 g/mol. The number of hydrogen-bond acceptors (Lipinski definition) is 4. The first-order valence-corrected chi connectivity index (χ1v) is 7.67. The van der Waals surface area contributed by atoms with E-state index in [0.29, 0.717) is 5.69 Å². The van der Waals surface area contributed by atoms with Gasteiger partial charge in [-0.15, -0.1) is 11.3 Å². The molecule has 2 heterocycles. The number of carbonyl (C=O) groups excluding carboxylic acids is 1. The van der Waals surface area contributed by atoms with Crippen molar-refractivity contribution in [2.24, 2.45) is 0 Å². The molecule has 0 aliphatic heterocycles. The molecule has 5 heteroatoms. The highest BCUT2D eigenvalue weighted by atomic mass is 32.1. The number of amides is 1. The Hall–Kier alpha value is -2.66. The maximum absolute atomic E-state index is 11.9. The number of hydrogen-bond donors (Lipinski definition) is 1. The molecule has 0 fully saturated rings. The summed E-state index contributed by atoms with van der Waals surface area (Å²) in [4.78, 5) is 17.1. The highest BCUT2D eigenvalue weighted by Gasteiger charge is 2.11. The molecule has 3 rings (SSSR count). The van der Waals surface area contributed by atoms with Gasteiger partial charge in [0.1, 0.15) is 6.61 Å². The summed E-state index contributed by atoms with van der Waals surface area (Å²) in [6.07, 6.45) is 1.26. The molecule has 0 bridgehead atoms. The molecule has 0 saturated heterocycles. The van der Waals surface area contributed by atoms with Crippen LogP contribution in [-0.4, -0.2) is 11.1 Å². The van der Waals surface area contributed by atoms with Crippen LogP contribution in [0.4, 0.5) is 10.5 Å². The Kier molecular flexibility index (Phi) is 4.46. The van der Waals surface area contributed by atoms with Crippen LogP contribution in [-0.2, 0) is 11.3 Å². The summed E-state index contributed by atoms with van der Waals surface area (Å²) in [5.74, 6) is 0. The molecule has 0 aliphatic rings. The zero-order chi connectivity index (χ0) is 15.2. The van der Waals surface area contributed by atoms with Gasteiger partial charge in [-0.2, -0.15) is 0 Å². The summed E-state index contributed by atoms with van der Waals surface area (Å²) < 4.78 is 5.23. The average Bonchev–Trinajstić information content (AvgIpc) is 3.03. The Morgan fingerprint density at radius 2 is 1.91 bits per heavy atom. The quantitative estimate of drug-likeness (QED) is 0.768. The van der Waals surface area contributed by atoms with E-state index in [1.165, 1.54) is 11.3 Å². The lowest BCUT2D eigenvalue weighted by Gasteiger charge is -2.07. The van der Waals surface area contributed by atoms with Crippen LogP contribution in [0.1, 0.15) is 5.56 Å². The van der Waals surface area contributed by atoms with Crippen LogP contribution >= 0.6 is 11.3 Å². The maximum atomic E-state index is 11.9. The molecule has 4 nitrogen and oxygen atoms in total. The van der Waals surface area contributed by atoms with Crippen molar-refractivity contribution in [2.45, 2.75) is 6.61 Å². The maximum Gasteiger partial charge on any atom is 0.412 e. The van der Waals surface area contributed by atoms with E-state index in [9.17, 15) is 4.79 Å². The van der Waals surface area contributed by atoms with Crippen molar-refractivity contribution in [3.63, 3.8) is 0 Å². The molecule has 3 aromatic rings. The van der Waals surface area contributed by atoms with Crippen molar-refractivity contribution >= 4 is 23.1 Å². The van der Waals surface area contributed by atoms with Crippen molar-refractivity contribution < 1.29 is 9.53 Å². The smallest absolute Gasteiger partial charge is 0.412 e. The molecule has 0 spiro atoms. The Balaban J connectivity index is 1.64. The Morgan fingerprint density at radius 3 is 2.68 bits per heavy atom. The molecule has 1 aromatic carbocycles. The number of rotatable bonds is 4. The Bertz CT molecular complexity index is 742. The summed E-state index contributed by atoms with van der Waals surface area (Å²) in [5, 5.41) is 4.68. The monoisotopic (exact) mass is 310 g/mol. The van der Waals surface area contributed by atoms with Crippen LogP contribution in [0.3, 0.4) is 0 Å². The first kappa shape index (κ1) is 14.3. The van der Waals surface area contributed by atoms with E-state index >= 15 is 0 Å². The highest BCUT2D eigenvalue weighted by Crippen LogP contribution is 2.32. The zero-order valence-corrected chi connectivity index (χ0v) is 12.5. The molecule has 0 unspecified atom stereocenters. The average molecular weight is 310 g/mol. The number of carbonyl (C=O) groups is 1. The van der Waals surface area contributed by atoms with Crippen molar-refractivity contribution in [3.8, 4) is 10.6 Å².